The Labute approximate surface area is 176 Å². The molecule has 1 aliphatic rings. The van der Waals surface area contributed by atoms with Crippen molar-refractivity contribution in [2.45, 2.75) is 13.0 Å². The van der Waals surface area contributed by atoms with Crippen LogP contribution in [-0.2, 0) is 11.3 Å². The summed E-state index contributed by atoms with van der Waals surface area (Å²) in [5.74, 6) is 1.52. The van der Waals surface area contributed by atoms with Crippen molar-refractivity contribution in [1.82, 2.24) is 25.5 Å². The molecule has 9 heteroatoms. The van der Waals surface area contributed by atoms with Crippen LogP contribution in [0.3, 0.4) is 0 Å². The van der Waals surface area contributed by atoms with Crippen LogP contribution in [0.2, 0.25) is 5.02 Å². The predicted molar refractivity (Wildman–Crippen MR) is 115 cm³/mol. The van der Waals surface area contributed by atoms with Gasteiger partial charge in [-0.05, 0) is 23.8 Å². The Morgan fingerprint density at radius 2 is 1.79 bits per heavy atom. The van der Waals surface area contributed by atoms with Crippen LogP contribution in [0.25, 0.3) is 0 Å². The third kappa shape index (κ3) is 6.32. The molecule has 154 valence electrons. The molecule has 0 unspecified atom stereocenters. The summed E-state index contributed by atoms with van der Waals surface area (Å²) in [5, 5.41) is 7.14. The summed E-state index contributed by atoms with van der Waals surface area (Å²) in [6.07, 6.45) is 3.89. The Balaban J connectivity index is 1.36. The van der Waals surface area contributed by atoms with Crippen LogP contribution in [0, 0.1) is 0 Å². The molecular weight excluding hydrogens is 390 g/mol. The van der Waals surface area contributed by atoms with E-state index in [1.54, 1.807) is 25.5 Å². The van der Waals surface area contributed by atoms with Gasteiger partial charge in [-0.1, -0.05) is 23.7 Å². The number of carbonyl (C=O) groups excluding carboxylic acids is 1. The molecule has 1 saturated heterocycles. The highest BCUT2D eigenvalue weighted by atomic mass is 35.5. The molecular formula is C20H26ClN7O. The summed E-state index contributed by atoms with van der Waals surface area (Å²) >= 11 is 5.90. The minimum Gasteiger partial charge on any atom is -0.356 e. The van der Waals surface area contributed by atoms with E-state index in [-0.39, 0.29) is 5.91 Å². The lowest BCUT2D eigenvalue weighted by Crippen LogP contribution is -2.50. The Kier molecular flexibility index (Phi) is 7.63. The summed E-state index contributed by atoms with van der Waals surface area (Å²) in [4.78, 5) is 29.2. The van der Waals surface area contributed by atoms with E-state index in [0.717, 1.165) is 24.6 Å². The minimum absolute atomic E-state index is 0.138. The number of anilines is 1. The highest BCUT2D eigenvalue weighted by Crippen LogP contribution is 2.10. The van der Waals surface area contributed by atoms with Crippen LogP contribution >= 0.6 is 11.6 Å². The van der Waals surface area contributed by atoms with E-state index < -0.39 is 0 Å². The normalized spacial score (nSPS) is 14.6. The molecule has 0 aliphatic carbocycles. The van der Waals surface area contributed by atoms with Gasteiger partial charge in [-0.25, -0.2) is 9.97 Å². The lowest BCUT2D eigenvalue weighted by molar-refractivity contribution is -0.131. The lowest BCUT2D eigenvalue weighted by atomic mass is 10.2. The first-order chi connectivity index (χ1) is 14.2. The molecule has 8 nitrogen and oxygen atoms in total. The molecule has 1 aliphatic heterocycles. The molecule has 3 rings (SSSR count). The van der Waals surface area contributed by atoms with Crippen molar-refractivity contribution in [3.05, 3.63) is 53.3 Å². The molecule has 0 spiro atoms. The summed E-state index contributed by atoms with van der Waals surface area (Å²) in [6, 6.07) is 9.45. The summed E-state index contributed by atoms with van der Waals surface area (Å²) < 4.78 is 0. The molecule has 2 heterocycles. The number of aromatic nitrogens is 2. The van der Waals surface area contributed by atoms with Crippen LogP contribution in [0.1, 0.15) is 12.0 Å². The number of piperazine rings is 1. The van der Waals surface area contributed by atoms with Gasteiger partial charge in [0.1, 0.15) is 0 Å². The third-order valence-corrected chi connectivity index (χ3v) is 4.95. The fourth-order valence-corrected chi connectivity index (χ4v) is 3.19. The molecule has 1 amide bonds. The van der Waals surface area contributed by atoms with Crippen molar-refractivity contribution < 1.29 is 4.79 Å². The molecule has 1 aromatic carbocycles. The zero-order chi connectivity index (χ0) is 20.5. The Morgan fingerprint density at radius 3 is 2.45 bits per heavy atom. The minimum atomic E-state index is 0.138. The SMILES string of the molecule is CN=C(NCCC(=O)N1CCN(c2ncccn2)CC1)NCc1ccc(Cl)cc1. The maximum Gasteiger partial charge on any atom is 0.225 e. The molecule has 1 aromatic heterocycles. The number of amides is 1. The van der Waals surface area contributed by atoms with E-state index in [0.29, 0.717) is 43.6 Å². The Morgan fingerprint density at radius 1 is 1.10 bits per heavy atom. The van der Waals surface area contributed by atoms with Crippen molar-refractivity contribution in [2.24, 2.45) is 4.99 Å². The van der Waals surface area contributed by atoms with Gasteiger partial charge in [-0.2, -0.15) is 0 Å². The molecule has 0 radical (unpaired) electrons. The van der Waals surface area contributed by atoms with Gasteiger partial charge in [0.2, 0.25) is 11.9 Å². The van der Waals surface area contributed by atoms with E-state index in [4.69, 9.17) is 11.6 Å². The average molecular weight is 416 g/mol. The number of hydrogen-bond acceptors (Lipinski definition) is 5. The number of rotatable bonds is 6. The van der Waals surface area contributed by atoms with Gasteiger partial charge in [-0.15, -0.1) is 0 Å². The van der Waals surface area contributed by atoms with Crippen molar-refractivity contribution in [3.8, 4) is 0 Å². The number of benzene rings is 1. The molecule has 2 N–H and O–H groups in total. The molecule has 0 atom stereocenters. The quantitative estimate of drug-likeness (QED) is 0.549. The van der Waals surface area contributed by atoms with Gasteiger partial charge in [-0.3, -0.25) is 9.79 Å². The van der Waals surface area contributed by atoms with Gasteiger partial charge in [0, 0.05) is 70.2 Å². The summed E-state index contributed by atoms with van der Waals surface area (Å²) in [7, 11) is 1.71. The predicted octanol–water partition coefficient (Wildman–Crippen LogP) is 1.53. The maximum absolute atomic E-state index is 12.5. The monoisotopic (exact) mass is 415 g/mol. The van der Waals surface area contributed by atoms with Gasteiger partial charge >= 0.3 is 0 Å². The van der Waals surface area contributed by atoms with Gasteiger partial charge in [0.25, 0.3) is 0 Å². The Hall–Kier alpha value is -2.87. The standard InChI is InChI=1S/C20H26ClN7O/c1-22-19(26-15-16-3-5-17(21)6-4-16)23-10-7-18(29)27-11-13-28(14-12-27)20-24-8-2-9-25-20/h2-6,8-9H,7,10-15H2,1H3,(H2,22,23,26). The van der Waals surface area contributed by atoms with Gasteiger partial charge < -0.3 is 20.4 Å². The first kappa shape index (κ1) is 20.9. The second kappa shape index (κ2) is 10.6. The fourth-order valence-electron chi connectivity index (χ4n) is 3.06. The molecule has 2 aromatic rings. The smallest absolute Gasteiger partial charge is 0.225 e. The van der Waals surface area contributed by atoms with E-state index >= 15 is 0 Å². The number of nitrogens with zero attached hydrogens (tertiary/aromatic N) is 5. The van der Waals surface area contributed by atoms with E-state index in [1.165, 1.54) is 0 Å². The van der Waals surface area contributed by atoms with E-state index in [2.05, 4.69) is 30.5 Å². The first-order valence-corrected chi connectivity index (χ1v) is 10.0. The van der Waals surface area contributed by atoms with Gasteiger partial charge in [0.15, 0.2) is 5.96 Å². The van der Waals surface area contributed by atoms with Gasteiger partial charge in [0.05, 0.1) is 0 Å². The number of nitrogens with one attached hydrogen (secondary N) is 2. The van der Waals surface area contributed by atoms with Crippen LogP contribution < -0.4 is 15.5 Å². The number of aliphatic imine (C=N–C) groups is 1. The summed E-state index contributed by atoms with van der Waals surface area (Å²) in [6.45, 7) is 4.01. The van der Waals surface area contributed by atoms with E-state index in [1.807, 2.05) is 29.2 Å². The zero-order valence-corrected chi connectivity index (χ0v) is 17.3. The molecule has 0 bridgehead atoms. The Bertz CT molecular complexity index is 805. The van der Waals surface area contributed by atoms with E-state index in [9.17, 15) is 4.79 Å². The van der Waals surface area contributed by atoms with Crippen LogP contribution in [0.15, 0.2) is 47.7 Å². The van der Waals surface area contributed by atoms with Crippen LogP contribution in [0.4, 0.5) is 5.95 Å². The third-order valence-electron chi connectivity index (χ3n) is 4.70. The van der Waals surface area contributed by atoms with Crippen LogP contribution in [-0.4, -0.2) is 66.5 Å². The largest absolute Gasteiger partial charge is 0.356 e. The summed E-state index contributed by atoms with van der Waals surface area (Å²) in [5.41, 5.74) is 1.11. The van der Waals surface area contributed by atoms with Crippen LogP contribution in [0.5, 0.6) is 0 Å². The molecule has 29 heavy (non-hydrogen) atoms. The highest BCUT2D eigenvalue weighted by Gasteiger charge is 2.22. The second-order valence-corrected chi connectivity index (χ2v) is 7.08. The van der Waals surface area contributed by atoms with Crippen molar-refractivity contribution >= 4 is 29.4 Å². The lowest BCUT2D eigenvalue weighted by Gasteiger charge is -2.34. The maximum atomic E-state index is 12.5. The van der Waals surface area contributed by atoms with Crippen molar-refractivity contribution in [2.75, 3.05) is 44.7 Å². The number of halogens is 1. The number of guanidine groups is 1. The number of carbonyl (C=O) groups is 1. The van der Waals surface area contributed by atoms with Crippen molar-refractivity contribution in [3.63, 3.8) is 0 Å². The molecule has 1 fully saturated rings. The number of hydrogen-bond donors (Lipinski definition) is 2. The topological polar surface area (TPSA) is 85.8 Å². The van der Waals surface area contributed by atoms with Crippen molar-refractivity contribution in [1.29, 1.82) is 0 Å². The zero-order valence-electron chi connectivity index (χ0n) is 16.5. The highest BCUT2D eigenvalue weighted by molar-refractivity contribution is 6.30. The second-order valence-electron chi connectivity index (χ2n) is 6.65. The first-order valence-electron chi connectivity index (χ1n) is 9.64. The average Bonchev–Trinajstić information content (AvgIpc) is 2.78. The molecule has 0 saturated carbocycles. The fraction of sp³-hybridized carbons (Fsp3) is 0.400.